The lowest BCUT2D eigenvalue weighted by Crippen LogP contribution is -2.03. The SMILES string of the molecule is C/C=C(\C=C/C(C)C)S(=O)(=O)c1ccccc1. The first-order valence-corrected chi connectivity index (χ1v) is 7.11. The van der Waals surface area contributed by atoms with Gasteiger partial charge in [0.2, 0.25) is 9.84 Å². The zero-order chi connectivity index (χ0) is 12.9. The molecular weight excluding hydrogens is 232 g/mol. The number of hydrogen-bond acceptors (Lipinski definition) is 2. The second-order valence-corrected chi connectivity index (χ2v) is 6.06. The summed E-state index contributed by atoms with van der Waals surface area (Å²) in [5.74, 6) is 0.330. The molecule has 0 aliphatic rings. The smallest absolute Gasteiger partial charge is 0.206 e. The van der Waals surface area contributed by atoms with Crippen molar-refractivity contribution in [3.05, 3.63) is 53.5 Å². The summed E-state index contributed by atoms with van der Waals surface area (Å²) in [5.41, 5.74) is 0. The molecule has 0 amide bonds. The Morgan fingerprint density at radius 3 is 2.24 bits per heavy atom. The minimum Gasteiger partial charge on any atom is -0.219 e. The van der Waals surface area contributed by atoms with Crippen LogP contribution in [0.15, 0.2) is 58.4 Å². The van der Waals surface area contributed by atoms with Crippen LogP contribution in [0.25, 0.3) is 0 Å². The van der Waals surface area contributed by atoms with E-state index >= 15 is 0 Å². The van der Waals surface area contributed by atoms with Gasteiger partial charge >= 0.3 is 0 Å². The molecule has 1 aromatic rings. The van der Waals surface area contributed by atoms with Crippen LogP contribution in [0.5, 0.6) is 0 Å². The molecule has 0 bridgehead atoms. The molecule has 92 valence electrons. The Morgan fingerprint density at radius 1 is 1.18 bits per heavy atom. The van der Waals surface area contributed by atoms with Gasteiger partial charge in [0.25, 0.3) is 0 Å². The average Bonchev–Trinajstić information content (AvgIpc) is 2.30. The van der Waals surface area contributed by atoms with Crippen molar-refractivity contribution < 1.29 is 8.42 Å². The van der Waals surface area contributed by atoms with Crippen molar-refractivity contribution in [2.24, 2.45) is 5.92 Å². The maximum absolute atomic E-state index is 12.3. The van der Waals surface area contributed by atoms with E-state index in [4.69, 9.17) is 0 Å². The van der Waals surface area contributed by atoms with E-state index in [1.807, 2.05) is 19.9 Å². The van der Waals surface area contributed by atoms with Crippen LogP contribution >= 0.6 is 0 Å². The molecule has 0 saturated heterocycles. The number of sulfone groups is 1. The standard InChI is InChI=1S/C14H18O2S/c1-4-13(11-10-12(2)3)17(15,16)14-8-6-5-7-9-14/h4-12H,1-3H3/b11-10-,13-4+. The first-order valence-electron chi connectivity index (χ1n) is 5.63. The van der Waals surface area contributed by atoms with E-state index in [-0.39, 0.29) is 0 Å². The molecule has 0 heterocycles. The van der Waals surface area contributed by atoms with Crippen LogP contribution in [0.4, 0.5) is 0 Å². The van der Waals surface area contributed by atoms with Gasteiger partial charge in [0.15, 0.2) is 0 Å². The highest BCUT2D eigenvalue weighted by Crippen LogP contribution is 2.20. The van der Waals surface area contributed by atoms with Gasteiger partial charge in [-0.15, -0.1) is 0 Å². The first kappa shape index (κ1) is 13.7. The van der Waals surface area contributed by atoms with Crippen LogP contribution in [0.3, 0.4) is 0 Å². The topological polar surface area (TPSA) is 34.1 Å². The molecule has 0 saturated carbocycles. The number of hydrogen-bond donors (Lipinski definition) is 0. The molecule has 17 heavy (non-hydrogen) atoms. The first-order chi connectivity index (χ1) is 7.98. The average molecular weight is 250 g/mol. The molecule has 0 spiro atoms. The largest absolute Gasteiger partial charge is 0.219 e. The Labute approximate surface area is 104 Å². The molecule has 1 aromatic carbocycles. The van der Waals surface area contributed by atoms with Crippen LogP contribution in [-0.4, -0.2) is 8.42 Å². The molecule has 2 nitrogen and oxygen atoms in total. The van der Waals surface area contributed by atoms with Crippen molar-refractivity contribution in [2.75, 3.05) is 0 Å². The van der Waals surface area contributed by atoms with Crippen molar-refractivity contribution in [3.63, 3.8) is 0 Å². The maximum atomic E-state index is 12.3. The van der Waals surface area contributed by atoms with Gasteiger partial charge in [0.1, 0.15) is 0 Å². The number of allylic oxidation sites excluding steroid dienone is 3. The lowest BCUT2D eigenvalue weighted by atomic mass is 10.2. The third-order valence-electron chi connectivity index (χ3n) is 2.29. The zero-order valence-corrected chi connectivity index (χ0v) is 11.2. The summed E-state index contributed by atoms with van der Waals surface area (Å²) in [6.45, 7) is 5.76. The molecule has 0 aromatic heterocycles. The molecule has 0 atom stereocenters. The summed E-state index contributed by atoms with van der Waals surface area (Å²) in [7, 11) is -3.37. The Hall–Kier alpha value is -1.35. The summed E-state index contributed by atoms with van der Waals surface area (Å²) in [4.78, 5) is 0.680. The highest BCUT2D eigenvalue weighted by molar-refractivity contribution is 7.95. The zero-order valence-electron chi connectivity index (χ0n) is 10.4. The van der Waals surface area contributed by atoms with E-state index in [0.717, 1.165) is 0 Å². The third kappa shape index (κ3) is 3.56. The minimum atomic E-state index is -3.37. The van der Waals surface area contributed by atoms with Crippen LogP contribution in [0.1, 0.15) is 20.8 Å². The highest BCUT2D eigenvalue weighted by atomic mass is 32.2. The van der Waals surface area contributed by atoms with Gasteiger partial charge < -0.3 is 0 Å². The Balaban J connectivity index is 3.14. The maximum Gasteiger partial charge on any atom is 0.206 e. The summed E-state index contributed by atoms with van der Waals surface area (Å²) in [6.07, 6.45) is 5.18. The van der Waals surface area contributed by atoms with Gasteiger partial charge in [-0.2, -0.15) is 0 Å². The van der Waals surface area contributed by atoms with E-state index in [1.165, 1.54) is 0 Å². The summed E-state index contributed by atoms with van der Waals surface area (Å²) >= 11 is 0. The van der Waals surface area contributed by atoms with Gasteiger partial charge in [-0.1, -0.05) is 44.2 Å². The number of benzene rings is 1. The van der Waals surface area contributed by atoms with Gasteiger partial charge in [-0.25, -0.2) is 8.42 Å². The fourth-order valence-electron chi connectivity index (χ4n) is 1.36. The lowest BCUT2D eigenvalue weighted by molar-refractivity contribution is 0.603. The Kier molecular flexibility index (Phi) is 4.70. The van der Waals surface area contributed by atoms with Crippen molar-refractivity contribution in [3.8, 4) is 0 Å². The molecule has 0 fully saturated rings. The van der Waals surface area contributed by atoms with Crippen molar-refractivity contribution >= 4 is 9.84 Å². The summed E-state index contributed by atoms with van der Waals surface area (Å²) < 4.78 is 24.5. The fourth-order valence-corrected chi connectivity index (χ4v) is 2.72. The van der Waals surface area contributed by atoms with Crippen LogP contribution in [0.2, 0.25) is 0 Å². The molecule has 0 aliphatic carbocycles. The molecule has 0 aliphatic heterocycles. The van der Waals surface area contributed by atoms with E-state index in [2.05, 4.69) is 0 Å². The normalized spacial score (nSPS) is 13.5. The van der Waals surface area contributed by atoms with E-state index in [1.54, 1.807) is 49.4 Å². The molecule has 1 rings (SSSR count). The predicted molar refractivity (Wildman–Crippen MR) is 71.4 cm³/mol. The van der Waals surface area contributed by atoms with Gasteiger partial charge in [-0.3, -0.25) is 0 Å². The number of rotatable bonds is 4. The van der Waals surface area contributed by atoms with Crippen molar-refractivity contribution in [2.45, 2.75) is 25.7 Å². The van der Waals surface area contributed by atoms with E-state index in [0.29, 0.717) is 15.7 Å². The van der Waals surface area contributed by atoms with E-state index < -0.39 is 9.84 Å². The van der Waals surface area contributed by atoms with Crippen LogP contribution < -0.4 is 0 Å². The highest BCUT2D eigenvalue weighted by Gasteiger charge is 2.17. The quantitative estimate of drug-likeness (QED) is 0.765. The van der Waals surface area contributed by atoms with Crippen molar-refractivity contribution in [1.82, 2.24) is 0 Å². The third-order valence-corrected chi connectivity index (χ3v) is 4.18. The summed E-state index contributed by atoms with van der Waals surface area (Å²) in [6, 6.07) is 8.49. The van der Waals surface area contributed by atoms with E-state index in [9.17, 15) is 8.42 Å². The summed E-state index contributed by atoms with van der Waals surface area (Å²) in [5, 5.41) is 0. The van der Waals surface area contributed by atoms with Gasteiger partial charge in [0.05, 0.1) is 9.80 Å². The van der Waals surface area contributed by atoms with Crippen molar-refractivity contribution in [1.29, 1.82) is 0 Å². The lowest BCUT2D eigenvalue weighted by Gasteiger charge is -2.05. The van der Waals surface area contributed by atoms with Crippen LogP contribution in [-0.2, 0) is 9.84 Å². The second-order valence-electron chi connectivity index (χ2n) is 4.11. The van der Waals surface area contributed by atoms with Crippen LogP contribution in [0, 0.1) is 5.92 Å². The molecule has 0 radical (unpaired) electrons. The van der Waals surface area contributed by atoms with Gasteiger partial charge in [0, 0.05) is 0 Å². The minimum absolute atomic E-state index is 0.330. The molecular formula is C14H18O2S. The molecule has 0 unspecified atom stereocenters. The predicted octanol–water partition coefficient (Wildman–Crippen LogP) is 3.58. The molecule has 0 N–H and O–H groups in total. The second kappa shape index (κ2) is 5.82. The molecule has 3 heteroatoms. The van der Waals surface area contributed by atoms with Gasteiger partial charge in [-0.05, 0) is 31.1 Å². The fraction of sp³-hybridized carbons (Fsp3) is 0.286. The Bertz CT molecular complexity index is 508. The Morgan fingerprint density at radius 2 is 1.76 bits per heavy atom. The monoisotopic (exact) mass is 250 g/mol.